The van der Waals surface area contributed by atoms with Gasteiger partial charge in [-0.15, -0.1) is 0 Å². The van der Waals surface area contributed by atoms with Crippen LogP contribution in [0, 0.1) is 15.9 Å². The zero-order valence-corrected chi connectivity index (χ0v) is 15.6. The number of nitrogens with zero attached hydrogens (tertiary/aromatic N) is 2. The molecule has 29 heavy (non-hydrogen) atoms. The molecule has 0 saturated heterocycles. The number of nitrogens with one attached hydrogen (secondary N) is 1. The normalized spacial score (nSPS) is 10.3. The molecule has 0 aliphatic heterocycles. The molecule has 3 rings (SSSR count). The highest BCUT2D eigenvalue weighted by Gasteiger charge is 2.20. The van der Waals surface area contributed by atoms with Crippen molar-refractivity contribution >= 4 is 28.9 Å². The maximum atomic E-state index is 14.4. The van der Waals surface area contributed by atoms with Crippen LogP contribution in [0.4, 0.5) is 15.8 Å². The molecule has 8 nitrogen and oxygen atoms in total. The first-order chi connectivity index (χ1) is 13.8. The van der Waals surface area contributed by atoms with Gasteiger partial charge in [-0.1, -0.05) is 23.7 Å². The van der Waals surface area contributed by atoms with Crippen molar-refractivity contribution in [3.05, 3.63) is 75.8 Å². The van der Waals surface area contributed by atoms with Crippen molar-refractivity contribution in [1.29, 1.82) is 0 Å². The molecule has 0 bridgehead atoms. The van der Waals surface area contributed by atoms with E-state index < -0.39 is 10.7 Å². The van der Waals surface area contributed by atoms with Crippen molar-refractivity contribution < 1.29 is 23.6 Å². The lowest BCUT2D eigenvalue weighted by atomic mass is 10.3. The van der Waals surface area contributed by atoms with Gasteiger partial charge in [0.1, 0.15) is 0 Å². The summed E-state index contributed by atoms with van der Waals surface area (Å²) in [6.45, 7) is 1.30. The Labute approximate surface area is 169 Å². The van der Waals surface area contributed by atoms with Gasteiger partial charge in [-0.25, -0.2) is 9.37 Å². The zero-order valence-electron chi connectivity index (χ0n) is 14.9. The molecule has 0 fully saturated rings. The van der Waals surface area contributed by atoms with Gasteiger partial charge >= 0.3 is 5.69 Å². The number of anilines is 1. The maximum Gasteiger partial charge on any atom is 0.311 e. The number of hydrogen-bond donors (Lipinski definition) is 1. The smallest absolute Gasteiger partial charge is 0.311 e. The number of amides is 1. The highest BCUT2D eigenvalue weighted by Crippen LogP contribution is 2.42. The Morgan fingerprint density at radius 1 is 1.14 bits per heavy atom. The highest BCUT2D eigenvalue weighted by atomic mass is 35.5. The van der Waals surface area contributed by atoms with E-state index in [9.17, 15) is 19.3 Å². The van der Waals surface area contributed by atoms with E-state index in [2.05, 4.69) is 10.3 Å². The van der Waals surface area contributed by atoms with E-state index in [4.69, 9.17) is 21.1 Å². The van der Waals surface area contributed by atoms with Crippen molar-refractivity contribution in [3.8, 4) is 23.0 Å². The second-order valence-corrected chi connectivity index (χ2v) is 6.04. The summed E-state index contributed by atoms with van der Waals surface area (Å²) in [7, 11) is 0. The number of aromatic nitrogens is 1. The molecule has 148 valence electrons. The minimum Gasteiger partial charge on any atom is -0.450 e. The minimum absolute atomic E-state index is 0.00525. The molecule has 0 saturated carbocycles. The Kier molecular flexibility index (Phi) is 5.89. The molecular formula is C19H13ClFN3O5. The number of benzene rings is 2. The fourth-order valence-electron chi connectivity index (χ4n) is 2.37. The Morgan fingerprint density at radius 2 is 1.90 bits per heavy atom. The van der Waals surface area contributed by atoms with Gasteiger partial charge in [0.15, 0.2) is 22.5 Å². The molecule has 1 heterocycles. The zero-order chi connectivity index (χ0) is 21.0. The van der Waals surface area contributed by atoms with Crippen LogP contribution in [0.15, 0.2) is 54.7 Å². The summed E-state index contributed by atoms with van der Waals surface area (Å²) >= 11 is 6.07. The molecule has 3 aromatic rings. The predicted octanol–water partition coefficient (Wildman–Crippen LogP) is 5.33. The number of rotatable bonds is 6. The minimum atomic E-state index is -0.749. The number of nitro groups is 1. The Balaban J connectivity index is 1.94. The number of carbonyl (C=O) groups is 1. The molecule has 1 N–H and O–H groups in total. The molecule has 0 unspecified atom stereocenters. The van der Waals surface area contributed by atoms with E-state index in [0.717, 1.165) is 6.07 Å². The number of halogens is 2. The van der Waals surface area contributed by atoms with Crippen LogP contribution in [0.2, 0.25) is 5.15 Å². The third-order valence-electron chi connectivity index (χ3n) is 3.57. The maximum absolute atomic E-state index is 14.4. The van der Waals surface area contributed by atoms with E-state index in [1.165, 1.54) is 49.5 Å². The number of hydrogen-bond acceptors (Lipinski definition) is 6. The lowest BCUT2D eigenvalue weighted by Gasteiger charge is -2.14. The standard InChI is InChI=1S/C19H13ClFN3O5/c1-11(25)23-12-6-7-15(13(21)10-12)28-17-8-9-22-19(20)18(17)29-16-5-3-2-4-14(16)24(26)27/h2-10H,1H3,(H,23,25). The summed E-state index contributed by atoms with van der Waals surface area (Å²) in [6, 6.07) is 10.9. The first-order valence-corrected chi connectivity index (χ1v) is 8.53. The molecule has 0 aliphatic carbocycles. The molecule has 0 spiro atoms. The van der Waals surface area contributed by atoms with Gasteiger partial charge in [0, 0.05) is 37.0 Å². The Morgan fingerprint density at radius 3 is 2.59 bits per heavy atom. The average molecular weight is 418 g/mol. The number of pyridine rings is 1. The molecule has 0 aliphatic rings. The van der Waals surface area contributed by atoms with Gasteiger partial charge in [-0.05, 0) is 18.2 Å². The lowest BCUT2D eigenvalue weighted by Crippen LogP contribution is -2.06. The highest BCUT2D eigenvalue weighted by molar-refractivity contribution is 6.31. The average Bonchev–Trinajstić information content (AvgIpc) is 2.66. The summed E-state index contributed by atoms with van der Waals surface area (Å²) < 4.78 is 25.5. The van der Waals surface area contributed by atoms with Crippen LogP contribution in [-0.4, -0.2) is 15.8 Å². The Bertz CT molecular complexity index is 1090. The SMILES string of the molecule is CC(=O)Nc1ccc(Oc2ccnc(Cl)c2Oc2ccccc2[N+](=O)[O-])c(F)c1. The van der Waals surface area contributed by atoms with Crippen LogP contribution in [0.3, 0.4) is 0 Å². The van der Waals surface area contributed by atoms with Gasteiger partial charge in [-0.2, -0.15) is 0 Å². The van der Waals surface area contributed by atoms with Crippen molar-refractivity contribution in [2.75, 3.05) is 5.32 Å². The van der Waals surface area contributed by atoms with E-state index in [-0.39, 0.29) is 45.4 Å². The van der Waals surface area contributed by atoms with Gasteiger partial charge in [0.05, 0.1) is 4.92 Å². The van der Waals surface area contributed by atoms with Gasteiger partial charge in [-0.3, -0.25) is 14.9 Å². The fraction of sp³-hybridized carbons (Fsp3) is 0.0526. The lowest BCUT2D eigenvalue weighted by molar-refractivity contribution is -0.385. The summed E-state index contributed by atoms with van der Waals surface area (Å²) in [5, 5.41) is 13.5. The number of para-hydroxylation sites is 2. The van der Waals surface area contributed by atoms with Crippen LogP contribution in [0.25, 0.3) is 0 Å². The monoisotopic (exact) mass is 417 g/mol. The summed E-state index contributed by atoms with van der Waals surface area (Å²) in [4.78, 5) is 25.5. The molecule has 0 atom stereocenters. The van der Waals surface area contributed by atoms with Gasteiger partial charge in [0.25, 0.3) is 0 Å². The summed E-state index contributed by atoms with van der Waals surface area (Å²) in [5.74, 6) is -1.48. The quantitative estimate of drug-likeness (QED) is 0.330. The van der Waals surface area contributed by atoms with Crippen molar-refractivity contribution in [2.24, 2.45) is 0 Å². The van der Waals surface area contributed by atoms with E-state index in [0.29, 0.717) is 0 Å². The molecule has 10 heteroatoms. The molecule has 0 radical (unpaired) electrons. The first kappa shape index (κ1) is 20.0. The summed E-state index contributed by atoms with van der Waals surface area (Å²) in [6.07, 6.45) is 1.31. The number of nitro benzene ring substituents is 1. The van der Waals surface area contributed by atoms with E-state index in [1.807, 2.05) is 0 Å². The molecule has 1 amide bonds. The van der Waals surface area contributed by atoms with Crippen LogP contribution >= 0.6 is 11.6 Å². The molecule has 2 aromatic carbocycles. The summed E-state index contributed by atoms with van der Waals surface area (Å²) in [5.41, 5.74) is -0.0318. The first-order valence-electron chi connectivity index (χ1n) is 8.16. The van der Waals surface area contributed by atoms with Crippen LogP contribution in [-0.2, 0) is 4.79 Å². The van der Waals surface area contributed by atoms with Crippen molar-refractivity contribution in [1.82, 2.24) is 4.98 Å². The van der Waals surface area contributed by atoms with Gasteiger partial charge < -0.3 is 14.8 Å². The van der Waals surface area contributed by atoms with E-state index >= 15 is 0 Å². The molecular weight excluding hydrogens is 405 g/mol. The largest absolute Gasteiger partial charge is 0.450 e. The van der Waals surface area contributed by atoms with Crippen molar-refractivity contribution in [3.63, 3.8) is 0 Å². The van der Waals surface area contributed by atoms with Crippen LogP contribution in [0.5, 0.6) is 23.0 Å². The topological polar surface area (TPSA) is 104 Å². The Hall–Kier alpha value is -3.72. The second-order valence-electron chi connectivity index (χ2n) is 5.68. The second kappa shape index (κ2) is 8.53. The van der Waals surface area contributed by atoms with Gasteiger partial charge in [0.2, 0.25) is 17.4 Å². The van der Waals surface area contributed by atoms with Crippen LogP contribution in [0.1, 0.15) is 6.92 Å². The third-order valence-corrected chi connectivity index (χ3v) is 3.84. The number of carbonyl (C=O) groups excluding carboxylic acids is 1. The molecule has 1 aromatic heterocycles. The van der Waals surface area contributed by atoms with Crippen LogP contribution < -0.4 is 14.8 Å². The van der Waals surface area contributed by atoms with Crippen molar-refractivity contribution in [2.45, 2.75) is 6.92 Å². The van der Waals surface area contributed by atoms with E-state index in [1.54, 1.807) is 6.07 Å². The predicted molar refractivity (Wildman–Crippen MR) is 103 cm³/mol. The fourth-order valence-corrected chi connectivity index (χ4v) is 2.55. The number of ether oxygens (including phenoxy) is 2. The third kappa shape index (κ3) is 4.77.